The Labute approximate surface area is 194 Å². The number of nitrogens with zero attached hydrogens (tertiary/aromatic N) is 3. The molecule has 11 heteroatoms. The summed E-state index contributed by atoms with van der Waals surface area (Å²) in [6.45, 7) is -0.0502. The van der Waals surface area contributed by atoms with Gasteiger partial charge in [0.15, 0.2) is 12.1 Å². The summed E-state index contributed by atoms with van der Waals surface area (Å²) >= 11 is 0. The van der Waals surface area contributed by atoms with Gasteiger partial charge >= 0.3 is 5.92 Å². The second kappa shape index (κ2) is 9.61. The van der Waals surface area contributed by atoms with Crippen LogP contribution in [0.5, 0.6) is 5.75 Å². The zero-order valence-electron chi connectivity index (χ0n) is 18.2. The number of ether oxygens (including phenoxy) is 3. The predicted octanol–water partition coefficient (Wildman–Crippen LogP) is 2.96. The molecule has 2 aromatic rings. The lowest BCUT2D eigenvalue weighted by molar-refractivity contribution is -0.126. The number of carbonyl (C=O) groups excluding carboxylic acids is 1. The van der Waals surface area contributed by atoms with E-state index in [1.165, 1.54) is 30.5 Å². The average Bonchev–Trinajstić information content (AvgIpc) is 2.87. The van der Waals surface area contributed by atoms with E-state index in [-0.39, 0.29) is 41.7 Å². The predicted molar refractivity (Wildman–Crippen MR) is 118 cm³/mol. The smallest absolute Gasteiger partial charge is 0.310 e. The van der Waals surface area contributed by atoms with Crippen LogP contribution >= 0.6 is 0 Å². The number of amidine groups is 1. The molecule has 1 amide bonds. The monoisotopic (exact) mass is 471 g/mol. The Kier molecular flexibility index (Phi) is 6.61. The van der Waals surface area contributed by atoms with E-state index in [4.69, 9.17) is 25.2 Å². The van der Waals surface area contributed by atoms with Gasteiger partial charge in [0.25, 0.3) is 11.9 Å². The molecule has 0 fully saturated rings. The molecular formula is C23H23F2N5O4. The third-order valence-electron chi connectivity index (χ3n) is 5.68. The number of alkyl halides is 2. The maximum absolute atomic E-state index is 15.5. The van der Waals surface area contributed by atoms with E-state index in [0.717, 1.165) is 0 Å². The quantitative estimate of drug-likeness (QED) is 0.688. The van der Waals surface area contributed by atoms with E-state index in [0.29, 0.717) is 31.6 Å². The van der Waals surface area contributed by atoms with Crippen LogP contribution in [-0.4, -0.2) is 49.3 Å². The van der Waals surface area contributed by atoms with Gasteiger partial charge in [0.2, 0.25) is 0 Å². The number of anilines is 1. The van der Waals surface area contributed by atoms with Gasteiger partial charge in [0.1, 0.15) is 24.1 Å². The molecule has 0 radical (unpaired) electrons. The summed E-state index contributed by atoms with van der Waals surface area (Å²) in [6.07, 6.45) is 2.20. The summed E-state index contributed by atoms with van der Waals surface area (Å²) in [4.78, 5) is 20.8. The molecule has 9 nitrogen and oxygen atoms in total. The van der Waals surface area contributed by atoms with Crippen molar-refractivity contribution >= 4 is 17.6 Å². The van der Waals surface area contributed by atoms with Crippen molar-refractivity contribution in [3.63, 3.8) is 0 Å². The minimum absolute atomic E-state index is 0.0294. The van der Waals surface area contributed by atoms with Crippen molar-refractivity contribution in [2.45, 2.75) is 30.7 Å². The van der Waals surface area contributed by atoms with E-state index >= 15 is 8.78 Å². The molecule has 0 saturated heterocycles. The topological polar surface area (TPSA) is 132 Å². The van der Waals surface area contributed by atoms with Gasteiger partial charge < -0.3 is 25.3 Å². The normalized spacial score (nSPS) is 22.1. The number of carbonyl (C=O) groups is 1. The van der Waals surface area contributed by atoms with Crippen LogP contribution in [0, 0.1) is 11.3 Å². The van der Waals surface area contributed by atoms with Crippen LogP contribution in [-0.2, 0) is 15.0 Å². The van der Waals surface area contributed by atoms with Crippen LogP contribution in [0.25, 0.3) is 0 Å². The van der Waals surface area contributed by atoms with E-state index < -0.39 is 24.0 Å². The maximum atomic E-state index is 15.5. The molecule has 1 spiro atoms. The van der Waals surface area contributed by atoms with Gasteiger partial charge in [-0.3, -0.25) is 4.79 Å². The minimum Gasteiger partial charge on any atom is -0.491 e. The van der Waals surface area contributed by atoms with E-state index in [9.17, 15) is 4.79 Å². The Morgan fingerprint density at radius 3 is 2.76 bits per heavy atom. The van der Waals surface area contributed by atoms with Gasteiger partial charge in [0.05, 0.1) is 12.2 Å². The highest BCUT2D eigenvalue weighted by atomic mass is 19.3. The number of amides is 1. The maximum Gasteiger partial charge on any atom is 0.310 e. The molecule has 2 aliphatic heterocycles. The van der Waals surface area contributed by atoms with Gasteiger partial charge in [-0.2, -0.15) is 14.0 Å². The largest absolute Gasteiger partial charge is 0.491 e. The number of halogens is 2. The number of pyridine rings is 1. The lowest BCUT2D eigenvalue weighted by atomic mass is 9.78. The van der Waals surface area contributed by atoms with E-state index in [1.807, 2.05) is 6.07 Å². The van der Waals surface area contributed by atoms with Crippen molar-refractivity contribution < 1.29 is 27.8 Å². The molecule has 1 aromatic heterocycles. The third-order valence-corrected chi connectivity index (χ3v) is 5.68. The Hall–Kier alpha value is -3.78. The highest BCUT2D eigenvalue weighted by molar-refractivity contribution is 6.03. The van der Waals surface area contributed by atoms with Crippen LogP contribution in [0.15, 0.2) is 41.5 Å². The summed E-state index contributed by atoms with van der Waals surface area (Å²) in [5, 5.41) is 11.6. The van der Waals surface area contributed by atoms with Crippen LogP contribution < -0.4 is 15.8 Å². The Morgan fingerprint density at radius 2 is 2.00 bits per heavy atom. The zero-order chi connectivity index (χ0) is 24.2. The molecular weight excluding hydrogens is 448 g/mol. The van der Waals surface area contributed by atoms with Crippen LogP contribution in [0.2, 0.25) is 0 Å². The molecule has 0 unspecified atom stereocenters. The number of nitriles is 1. The van der Waals surface area contributed by atoms with Crippen molar-refractivity contribution in [2.75, 3.05) is 31.7 Å². The van der Waals surface area contributed by atoms with Gasteiger partial charge in [-0.25, -0.2) is 9.98 Å². The van der Waals surface area contributed by atoms with Crippen molar-refractivity contribution in [1.29, 1.82) is 5.26 Å². The van der Waals surface area contributed by atoms with Crippen molar-refractivity contribution in [2.24, 2.45) is 10.7 Å². The number of hydrogen-bond donors (Lipinski definition) is 2. The van der Waals surface area contributed by atoms with Crippen molar-refractivity contribution in [3.8, 4) is 11.8 Å². The Morgan fingerprint density at radius 1 is 1.15 bits per heavy atom. The highest BCUT2D eigenvalue weighted by Crippen LogP contribution is 2.50. The summed E-state index contributed by atoms with van der Waals surface area (Å²) in [5.74, 6) is -3.76. The first-order valence-corrected chi connectivity index (χ1v) is 10.7. The number of benzene rings is 1. The SMILES string of the molecule is N#Cc1ccc(C(=O)Nc2ccc3c(c2)[C@@]2(CCCCOCCO3)N=C(N)OCC2(F)F)nc1. The third kappa shape index (κ3) is 4.63. The first kappa shape index (κ1) is 23.4. The molecule has 3 N–H and O–H groups in total. The molecule has 1 aromatic carbocycles. The summed E-state index contributed by atoms with van der Waals surface area (Å²) in [5.41, 5.74) is 4.43. The number of nitrogens with one attached hydrogen (secondary N) is 1. The molecule has 2 aliphatic rings. The Balaban J connectivity index is 1.75. The zero-order valence-corrected chi connectivity index (χ0v) is 18.2. The Bertz CT molecular complexity index is 1130. The molecule has 0 saturated carbocycles. The summed E-state index contributed by atoms with van der Waals surface area (Å²) in [6, 6.07) is 8.93. The lowest BCUT2D eigenvalue weighted by Gasteiger charge is -2.41. The average molecular weight is 471 g/mol. The highest BCUT2D eigenvalue weighted by Gasteiger charge is 2.59. The van der Waals surface area contributed by atoms with Crippen molar-refractivity contribution in [1.82, 2.24) is 4.98 Å². The molecule has 3 heterocycles. The van der Waals surface area contributed by atoms with Gasteiger partial charge in [-0.05, 0) is 49.6 Å². The number of hydrogen-bond acceptors (Lipinski definition) is 8. The number of rotatable bonds is 2. The first-order valence-electron chi connectivity index (χ1n) is 10.7. The van der Waals surface area contributed by atoms with Crippen molar-refractivity contribution in [3.05, 3.63) is 53.3 Å². The lowest BCUT2D eigenvalue weighted by Crippen LogP contribution is -2.53. The summed E-state index contributed by atoms with van der Waals surface area (Å²) < 4.78 is 47.1. The number of aliphatic imine (C=N–C) groups is 1. The second-order valence-electron chi connectivity index (χ2n) is 7.93. The summed E-state index contributed by atoms with van der Waals surface area (Å²) in [7, 11) is 0. The fourth-order valence-corrected chi connectivity index (χ4v) is 3.96. The minimum atomic E-state index is -3.39. The van der Waals surface area contributed by atoms with Crippen LogP contribution in [0.3, 0.4) is 0 Å². The standard InChI is InChI=1S/C23H23F2N5O4/c24-23(25)14-34-21(27)30-22(23)7-1-2-8-32-9-10-33-19-6-4-16(11-17(19)22)29-20(31)18-5-3-15(12-26)13-28-18/h3-6,11,13H,1-2,7-10,14H2,(H2,27,30)(H,29,31)/t22-/m1/s1. The van der Waals surface area contributed by atoms with E-state index in [1.54, 1.807) is 6.07 Å². The van der Waals surface area contributed by atoms with Gasteiger partial charge in [-0.15, -0.1) is 0 Å². The fraction of sp³-hybridized carbons (Fsp3) is 0.391. The molecule has 0 bridgehead atoms. The second-order valence-corrected chi connectivity index (χ2v) is 7.93. The van der Waals surface area contributed by atoms with Crippen LogP contribution in [0.4, 0.5) is 14.5 Å². The van der Waals surface area contributed by atoms with Crippen LogP contribution in [0.1, 0.15) is 40.9 Å². The van der Waals surface area contributed by atoms with Gasteiger partial charge in [0, 0.05) is 24.1 Å². The van der Waals surface area contributed by atoms with E-state index in [2.05, 4.69) is 15.3 Å². The number of aromatic nitrogens is 1. The molecule has 4 rings (SSSR count). The first-order chi connectivity index (χ1) is 16.3. The number of fused-ring (bicyclic) bond motifs is 2. The fourth-order valence-electron chi connectivity index (χ4n) is 3.96. The molecule has 178 valence electrons. The van der Waals surface area contributed by atoms with Gasteiger partial charge in [-0.1, -0.05) is 0 Å². The molecule has 0 aliphatic carbocycles. The number of nitrogens with two attached hydrogens (primary N) is 1. The molecule has 34 heavy (non-hydrogen) atoms. The molecule has 1 atom stereocenters.